The van der Waals surface area contributed by atoms with Crippen LogP contribution in [0.3, 0.4) is 0 Å². The standard InChI is InChI=1S/C21H23Cl2NO3/c1-4-26-20(27-5-2)11-10-19(25)17-7-6-12-24-21(17)14(3)16-9-8-15(22)13-18(16)23/h6-9,12-14,19-20,25H,4-5H2,1-3H3. The first-order valence-corrected chi connectivity index (χ1v) is 9.55. The van der Waals surface area contributed by atoms with E-state index in [0.29, 0.717) is 34.5 Å². The summed E-state index contributed by atoms with van der Waals surface area (Å²) in [7, 11) is 0. The Labute approximate surface area is 170 Å². The number of nitrogens with zero attached hydrogens (tertiary/aromatic N) is 1. The quantitative estimate of drug-likeness (QED) is 0.519. The first kappa shape index (κ1) is 21.7. The Hall–Kier alpha value is -1.61. The highest BCUT2D eigenvalue weighted by molar-refractivity contribution is 6.35. The molecule has 1 aromatic carbocycles. The molecule has 144 valence electrons. The van der Waals surface area contributed by atoms with Crippen LogP contribution in [0.4, 0.5) is 0 Å². The number of aliphatic hydroxyl groups excluding tert-OH is 1. The van der Waals surface area contributed by atoms with E-state index >= 15 is 0 Å². The van der Waals surface area contributed by atoms with Gasteiger partial charge in [-0.1, -0.05) is 48.2 Å². The van der Waals surface area contributed by atoms with Crippen LogP contribution in [-0.4, -0.2) is 29.6 Å². The zero-order valence-corrected chi connectivity index (χ0v) is 17.1. The number of pyridine rings is 1. The van der Waals surface area contributed by atoms with Crippen molar-refractivity contribution in [3.63, 3.8) is 0 Å². The molecular formula is C21H23Cl2NO3. The molecule has 0 amide bonds. The third-order valence-corrected chi connectivity index (χ3v) is 4.54. The van der Waals surface area contributed by atoms with Crippen molar-refractivity contribution >= 4 is 23.2 Å². The molecule has 1 N–H and O–H groups in total. The summed E-state index contributed by atoms with van der Waals surface area (Å²) in [5.74, 6) is 5.49. The van der Waals surface area contributed by atoms with Gasteiger partial charge in [-0.2, -0.15) is 0 Å². The molecule has 2 aromatic rings. The van der Waals surface area contributed by atoms with E-state index in [1.807, 2.05) is 26.8 Å². The van der Waals surface area contributed by atoms with Gasteiger partial charge in [0.15, 0.2) is 0 Å². The Kier molecular flexibility index (Phi) is 8.56. The lowest BCUT2D eigenvalue weighted by atomic mass is 9.92. The number of benzene rings is 1. The van der Waals surface area contributed by atoms with E-state index in [0.717, 1.165) is 5.56 Å². The van der Waals surface area contributed by atoms with E-state index in [-0.39, 0.29) is 5.92 Å². The van der Waals surface area contributed by atoms with Crippen LogP contribution >= 0.6 is 23.2 Å². The average molecular weight is 408 g/mol. The first-order valence-electron chi connectivity index (χ1n) is 8.80. The lowest BCUT2D eigenvalue weighted by Gasteiger charge is -2.18. The number of halogens is 2. The Bertz CT molecular complexity index is 811. The number of hydrogen-bond acceptors (Lipinski definition) is 4. The van der Waals surface area contributed by atoms with E-state index in [2.05, 4.69) is 16.8 Å². The van der Waals surface area contributed by atoms with Gasteiger partial charge in [-0.25, -0.2) is 0 Å². The topological polar surface area (TPSA) is 51.6 Å². The maximum absolute atomic E-state index is 10.6. The van der Waals surface area contributed by atoms with Crippen LogP contribution in [0.25, 0.3) is 0 Å². The minimum Gasteiger partial charge on any atom is -0.376 e. The predicted octanol–water partition coefficient (Wildman–Crippen LogP) is 4.98. The van der Waals surface area contributed by atoms with Gasteiger partial charge in [0.25, 0.3) is 0 Å². The van der Waals surface area contributed by atoms with Gasteiger partial charge in [-0.05, 0) is 43.5 Å². The molecule has 2 unspecified atom stereocenters. The second-order valence-electron chi connectivity index (χ2n) is 5.80. The Balaban J connectivity index is 2.32. The van der Waals surface area contributed by atoms with Crippen LogP contribution < -0.4 is 0 Å². The first-order chi connectivity index (χ1) is 13.0. The van der Waals surface area contributed by atoms with Crippen molar-refractivity contribution in [3.05, 3.63) is 63.4 Å². The maximum atomic E-state index is 10.6. The van der Waals surface area contributed by atoms with E-state index in [9.17, 15) is 5.11 Å². The third kappa shape index (κ3) is 5.93. The minimum atomic E-state index is -1.02. The van der Waals surface area contributed by atoms with Crippen molar-refractivity contribution in [1.82, 2.24) is 4.98 Å². The second-order valence-corrected chi connectivity index (χ2v) is 6.64. The SMILES string of the molecule is CCOC(C#CC(O)c1cccnc1C(C)c1ccc(Cl)cc1Cl)OCC. The fourth-order valence-corrected chi connectivity index (χ4v) is 3.25. The fourth-order valence-electron chi connectivity index (χ4n) is 2.68. The summed E-state index contributed by atoms with van der Waals surface area (Å²) in [6.07, 6.45) is -0.00813. The molecule has 0 spiro atoms. The van der Waals surface area contributed by atoms with Crippen molar-refractivity contribution in [2.45, 2.75) is 39.1 Å². The van der Waals surface area contributed by atoms with Gasteiger partial charge in [0.05, 0.1) is 5.69 Å². The van der Waals surface area contributed by atoms with E-state index < -0.39 is 12.4 Å². The van der Waals surface area contributed by atoms with Crippen LogP contribution in [0, 0.1) is 11.8 Å². The number of rotatable bonds is 7. The van der Waals surface area contributed by atoms with Crippen LogP contribution in [0.15, 0.2) is 36.5 Å². The van der Waals surface area contributed by atoms with Gasteiger partial charge < -0.3 is 14.6 Å². The summed E-state index contributed by atoms with van der Waals surface area (Å²) >= 11 is 12.3. The number of aromatic nitrogens is 1. The third-order valence-electron chi connectivity index (χ3n) is 3.98. The van der Waals surface area contributed by atoms with E-state index in [4.69, 9.17) is 32.7 Å². The molecule has 0 fully saturated rings. The predicted molar refractivity (Wildman–Crippen MR) is 108 cm³/mol. The molecular weight excluding hydrogens is 385 g/mol. The van der Waals surface area contributed by atoms with Crippen LogP contribution in [0.1, 0.15) is 49.6 Å². The van der Waals surface area contributed by atoms with Crippen molar-refractivity contribution in [2.24, 2.45) is 0 Å². The van der Waals surface area contributed by atoms with Crippen molar-refractivity contribution in [2.75, 3.05) is 13.2 Å². The molecule has 0 aliphatic heterocycles. The monoisotopic (exact) mass is 407 g/mol. The summed E-state index contributed by atoms with van der Waals surface area (Å²) in [4.78, 5) is 4.46. The highest BCUT2D eigenvalue weighted by atomic mass is 35.5. The summed E-state index contributed by atoms with van der Waals surface area (Å²) < 4.78 is 10.8. The number of ether oxygens (including phenoxy) is 2. The summed E-state index contributed by atoms with van der Waals surface area (Å²) in [6.45, 7) is 6.64. The van der Waals surface area contributed by atoms with Gasteiger partial charge in [0.2, 0.25) is 6.29 Å². The van der Waals surface area contributed by atoms with Crippen molar-refractivity contribution in [3.8, 4) is 11.8 Å². The average Bonchev–Trinajstić information content (AvgIpc) is 2.66. The lowest BCUT2D eigenvalue weighted by molar-refractivity contribution is -0.0971. The second kappa shape index (κ2) is 10.7. The Morgan fingerprint density at radius 2 is 1.78 bits per heavy atom. The molecule has 0 aliphatic rings. The molecule has 0 radical (unpaired) electrons. The highest BCUT2D eigenvalue weighted by Crippen LogP contribution is 2.33. The Morgan fingerprint density at radius 3 is 2.41 bits per heavy atom. The smallest absolute Gasteiger partial charge is 0.222 e. The Morgan fingerprint density at radius 1 is 1.07 bits per heavy atom. The van der Waals surface area contributed by atoms with Gasteiger partial charge in [-0.15, -0.1) is 0 Å². The molecule has 27 heavy (non-hydrogen) atoms. The van der Waals surface area contributed by atoms with Crippen molar-refractivity contribution < 1.29 is 14.6 Å². The van der Waals surface area contributed by atoms with Gasteiger partial charge in [0, 0.05) is 40.9 Å². The van der Waals surface area contributed by atoms with E-state index in [1.165, 1.54) is 0 Å². The molecule has 2 rings (SSSR count). The molecule has 2 atom stereocenters. The molecule has 0 saturated heterocycles. The molecule has 1 heterocycles. The molecule has 1 aromatic heterocycles. The zero-order valence-electron chi connectivity index (χ0n) is 15.6. The summed E-state index contributed by atoms with van der Waals surface area (Å²) in [5, 5.41) is 11.7. The molecule has 0 saturated carbocycles. The molecule has 0 bridgehead atoms. The summed E-state index contributed by atoms with van der Waals surface area (Å²) in [6, 6.07) is 8.92. The molecule has 6 heteroatoms. The van der Waals surface area contributed by atoms with Gasteiger partial charge in [0.1, 0.15) is 6.10 Å². The fraction of sp³-hybridized carbons (Fsp3) is 0.381. The van der Waals surface area contributed by atoms with Crippen LogP contribution in [0.2, 0.25) is 10.0 Å². The van der Waals surface area contributed by atoms with Crippen LogP contribution in [0.5, 0.6) is 0 Å². The summed E-state index contributed by atoms with van der Waals surface area (Å²) in [5.41, 5.74) is 2.20. The van der Waals surface area contributed by atoms with E-state index in [1.54, 1.807) is 30.5 Å². The number of hydrogen-bond donors (Lipinski definition) is 1. The number of aliphatic hydroxyl groups is 1. The zero-order chi connectivity index (χ0) is 19.8. The van der Waals surface area contributed by atoms with Crippen LogP contribution in [-0.2, 0) is 9.47 Å². The van der Waals surface area contributed by atoms with Gasteiger partial charge in [-0.3, -0.25) is 4.98 Å². The largest absolute Gasteiger partial charge is 0.376 e. The lowest BCUT2D eigenvalue weighted by Crippen LogP contribution is -2.15. The molecule has 4 nitrogen and oxygen atoms in total. The normalized spacial score (nSPS) is 13.1. The van der Waals surface area contributed by atoms with Crippen molar-refractivity contribution in [1.29, 1.82) is 0 Å². The maximum Gasteiger partial charge on any atom is 0.222 e. The minimum absolute atomic E-state index is 0.142. The molecule has 0 aliphatic carbocycles. The van der Waals surface area contributed by atoms with Gasteiger partial charge >= 0.3 is 0 Å². The highest BCUT2D eigenvalue weighted by Gasteiger charge is 2.20.